The number of carbonyl (C=O) groups is 11. The normalized spacial score (nSPS) is 31.5. The van der Waals surface area contributed by atoms with Crippen molar-refractivity contribution in [3.05, 3.63) is 0 Å². The summed E-state index contributed by atoms with van der Waals surface area (Å²) < 4.78 is 460. The van der Waals surface area contributed by atoms with Crippen molar-refractivity contribution in [3.63, 3.8) is 0 Å². The number of ether oxygens (including phenoxy) is 21. The van der Waals surface area contributed by atoms with Crippen LogP contribution in [-0.4, -0.2) is 300 Å². The minimum absolute atomic E-state index is 0.129. The zero-order valence-electron chi connectivity index (χ0n) is 75.3. The second kappa shape index (κ2) is 44.2. The highest BCUT2D eigenvalue weighted by Crippen LogP contribution is 2.64. The summed E-state index contributed by atoms with van der Waals surface area (Å²) in [6, 6.07) is 0. The average Bonchev–Trinajstić information content (AvgIpc) is 1.56. The second-order valence-corrected chi connectivity index (χ2v) is 36.3. The SMILES string of the molecule is CC(=O)OCC1(COC(=O)C(F)(F)F)COC2(OC1)C1CC3CC2CC(OC(=O)C(C)(C)F)(C3)C1.CC(F)(F)C(=O)OC1CCCC12OCC(COC(=O)C(F)(F)F)O2.CC(F)(F)C(=O)OC1CCCC12OCC(COC(=O)CC(F)(F)C(F)(F)F)O2.CC(F)(F)C(=O)OC1CCCC12OCC(COC(=O)CC(F)(F)F)O2.CC(F)(F)C(=O)OC1CCCCC12OCC(COC(=O)C(F)(F)CC(F)(F)F)O2. The molecule has 5 saturated heterocycles. The molecule has 14 atom stereocenters. The number of hydrogen-bond donors (Lipinski definition) is 0. The largest absolute Gasteiger partial charge is 0.490 e. The van der Waals surface area contributed by atoms with Gasteiger partial charge in [0.1, 0.15) is 88.9 Å². The van der Waals surface area contributed by atoms with E-state index in [9.17, 15) is 176 Å². The van der Waals surface area contributed by atoms with Crippen LogP contribution in [0.3, 0.4) is 0 Å². The van der Waals surface area contributed by atoms with Crippen molar-refractivity contribution in [3.8, 4) is 0 Å². The summed E-state index contributed by atoms with van der Waals surface area (Å²) in [7, 11) is 0. The lowest BCUT2D eigenvalue weighted by atomic mass is 9.51. The average molecular weight is 2120 g/mol. The summed E-state index contributed by atoms with van der Waals surface area (Å²) in [6.07, 6.45) is -34.5. The third kappa shape index (κ3) is 31.9. The molecule has 5 heterocycles. The molecule has 13 aliphatic rings. The van der Waals surface area contributed by atoms with Gasteiger partial charge in [-0.15, -0.1) is 0 Å². The number of esters is 11. The van der Waals surface area contributed by atoms with Gasteiger partial charge in [-0.25, -0.2) is 42.7 Å². The van der Waals surface area contributed by atoms with E-state index in [2.05, 4.69) is 23.7 Å². The molecule has 0 amide bonds. The smallest absolute Gasteiger partial charge is 0.465 e. The van der Waals surface area contributed by atoms with Crippen LogP contribution in [0.15, 0.2) is 0 Å². The van der Waals surface area contributed by atoms with E-state index in [1.807, 2.05) is 0 Å². The summed E-state index contributed by atoms with van der Waals surface area (Å²) in [4.78, 5) is 125. The van der Waals surface area contributed by atoms with Gasteiger partial charge in [0.2, 0.25) is 28.8 Å². The molecular weight excluding hydrogens is 2020 g/mol. The topological polar surface area (TPSA) is 382 Å². The first-order chi connectivity index (χ1) is 64.2. The van der Waals surface area contributed by atoms with E-state index in [0.717, 1.165) is 33.6 Å². The molecule has 810 valence electrons. The van der Waals surface area contributed by atoms with Gasteiger partial charge in [0.05, 0.1) is 45.1 Å². The van der Waals surface area contributed by atoms with Gasteiger partial charge in [-0.05, 0) is 110 Å². The Hall–Kier alpha value is -8.19. The summed E-state index contributed by atoms with van der Waals surface area (Å²) in [5, 5.41) is 0. The van der Waals surface area contributed by atoms with Crippen LogP contribution in [0.2, 0.25) is 0 Å². The molecule has 0 aromatic carbocycles. The van der Waals surface area contributed by atoms with Gasteiger partial charge >= 0.3 is 132 Å². The van der Waals surface area contributed by atoms with Crippen molar-refractivity contribution in [2.24, 2.45) is 23.2 Å². The minimum Gasteiger partial charge on any atom is -0.465 e. The fraction of sp³-hybridized carbons (Fsp3) is 0.864. The number of hydrogen-bond acceptors (Lipinski definition) is 32. The van der Waals surface area contributed by atoms with E-state index < -0.39 is 279 Å². The van der Waals surface area contributed by atoms with Crippen molar-refractivity contribution in [2.45, 2.75) is 339 Å². The Morgan fingerprint density at radius 1 is 0.348 bits per heavy atom. The van der Waals surface area contributed by atoms with Crippen LogP contribution in [0.4, 0.5) is 123 Å². The summed E-state index contributed by atoms with van der Waals surface area (Å²) in [5.74, 6) is -51.1. The highest BCUT2D eigenvalue weighted by atomic mass is 19.4. The Morgan fingerprint density at radius 3 is 1.00 bits per heavy atom. The number of halogens is 28. The fourth-order valence-corrected chi connectivity index (χ4v) is 17.1. The zero-order valence-corrected chi connectivity index (χ0v) is 75.3. The van der Waals surface area contributed by atoms with E-state index >= 15 is 0 Å². The van der Waals surface area contributed by atoms with E-state index in [4.69, 9.17) is 75.8 Å². The van der Waals surface area contributed by atoms with Crippen molar-refractivity contribution < 1.29 is 275 Å². The van der Waals surface area contributed by atoms with Crippen molar-refractivity contribution >= 4 is 65.7 Å². The predicted octanol–water partition coefficient (Wildman–Crippen LogP) is 13.9. The van der Waals surface area contributed by atoms with Gasteiger partial charge in [0.25, 0.3) is 0 Å². The molecule has 32 nitrogen and oxygen atoms in total. The van der Waals surface area contributed by atoms with Crippen molar-refractivity contribution in [2.75, 3.05) is 79.3 Å². The van der Waals surface area contributed by atoms with Crippen LogP contribution < -0.4 is 0 Å². The van der Waals surface area contributed by atoms with Gasteiger partial charge in [0, 0.05) is 72.1 Å². The highest BCUT2D eigenvalue weighted by molar-refractivity contribution is 5.81. The highest BCUT2D eigenvalue weighted by Gasteiger charge is 2.69. The molecular formula is C81H98F28O32. The molecule has 0 aromatic rings. The van der Waals surface area contributed by atoms with E-state index in [1.54, 1.807) is 0 Å². The van der Waals surface area contributed by atoms with Crippen molar-refractivity contribution in [1.82, 2.24) is 0 Å². The standard InChI is InChI=1S/C23H30F4O8.C16H19F7O6.C15H17F7O6.C14H17F5O6.C13H15F5O6/c1-13(28)31-9-20(10-32-18(30)23(25,26)27)11-33-22(34-12-20)15-4-14-5-16(22)8-21(6-14,7-15)35-17(29)19(2,3)24;1-13(17,18)11(24)28-10-4-2-3-5-15(10)27-7-9(29-15)6-26-12(25)14(19,20)8-16(21,22)23;1-12(16,17)11(24)27-9-3-2-4-13(9)26-7-8(28-13)6-25-10(23)5-14(18,19)15(20,21)22;1-12(15,16)11(21)24-9-3-2-4-13(9)23-7-8(25-13)6-22-10(20)5-14(17,18)19;1-11(14,15)9(19)23-8-3-2-4-12(8)22-6-7(24-12)5-21-10(20)13(16,17)18/h14-16H,4-12H2,1-3H3;9-10H,2-8H2,1H3;8-9H,2-7H2,1H3;8-9H,2-7H2,1H3;7-8H,2-6H2,1H3. The van der Waals surface area contributed by atoms with Crippen LogP contribution in [0.25, 0.3) is 0 Å². The van der Waals surface area contributed by atoms with E-state index in [1.165, 1.54) is 0 Å². The van der Waals surface area contributed by atoms with E-state index in [0.29, 0.717) is 79.1 Å². The lowest BCUT2D eigenvalue weighted by molar-refractivity contribution is -0.397. The minimum atomic E-state index is -5.90. The summed E-state index contributed by atoms with van der Waals surface area (Å²) >= 11 is 0. The molecule has 5 spiro atoms. The van der Waals surface area contributed by atoms with Crippen LogP contribution in [0, 0.1) is 23.2 Å². The molecule has 0 N–H and O–H groups in total. The summed E-state index contributed by atoms with van der Waals surface area (Å²) in [6.45, 7) is -0.124. The molecule has 141 heavy (non-hydrogen) atoms. The number of rotatable bonds is 27. The maximum atomic E-state index is 14.2. The Morgan fingerprint density at radius 2 is 0.674 bits per heavy atom. The maximum Gasteiger partial charge on any atom is 0.490 e. The van der Waals surface area contributed by atoms with Gasteiger partial charge in [-0.1, -0.05) is 0 Å². The molecule has 8 aliphatic carbocycles. The Labute approximate surface area is 780 Å². The second-order valence-electron chi connectivity index (χ2n) is 36.3. The fourth-order valence-electron chi connectivity index (χ4n) is 17.1. The monoisotopic (exact) mass is 2110 g/mol. The quantitative estimate of drug-likeness (QED) is 0.0419. The first-order valence-corrected chi connectivity index (χ1v) is 43.1. The Kier molecular flexibility index (Phi) is 37.0. The lowest BCUT2D eigenvalue weighted by Crippen LogP contribution is -2.69. The molecule has 8 saturated carbocycles. The predicted molar refractivity (Wildman–Crippen MR) is 396 cm³/mol. The first kappa shape index (κ1) is 118. The van der Waals surface area contributed by atoms with Crippen LogP contribution in [0.5, 0.6) is 0 Å². The Bertz CT molecular complexity index is 4320. The third-order valence-corrected chi connectivity index (χ3v) is 23.5. The number of alkyl halides is 28. The van der Waals surface area contributed by atoms with Gasteiger partial charge in [-0.3, -0.25) is 14.4 Å². The van der Waals surface area contributed by atoms with Crippen LogP contribution in [-0.2, 0) is 152 Å². The Balaban J connectivity index is 0.000000217. The van der Waals surface area contributed by atoms with Gasteiger partial charge in [0.15, 0.2) is 30.2 Å². The van der Waals surface area contributed by atoms with Gasteiger partial charge < -0.3 is 99.5 Å². The zero-order chi connectivity index (χ0) is 106. The van der Waals surface area contributed by atoms with E-state index in [-0.39, 0.29) is 115 Å². The van der Waals surface area contributed by atoms with Crippen LogP contribution in [0.1, 0.15) is 183 Å². The maximum absolute atomic E-state index is 14.2. The first-order valence-electron chi connectivity index (χ1n) is 43.1. The molecule has 14 unspecified atom stereocenters. The van der Waals surface area contributed by atoms with Crippen molar-refractivity contribution in [1.29, 1.82) is 0 Å². The molecule has 13 fully saturated rings. The molecule has 0 aromatic heterocycles. The molecule has 0 radical (unpaired) electrons. The molecule has 60 heteroatoms. The number of carbonyl (C=O) groups excluding carboxylic acids is 11. The van der Waals surface area contributed by atoms with Gasteiger partial charge in [-0.2, -0.15) is 119 Å². The summed E-state index contributed by atoms with van der Waals surface area (Å²) in [5.41, 5.74) is -4.23. The molecule has 5 aliphatic heterocycles. The lowest BCUT2D eigenvalue weighted by Gasteiger charge is -2.65. The van der Waals surface area contributed by atoms with Crippen LogP contribution >= 0.6 is 0 Å². The third-order valence-electron chi connectivity index (χ3n) is 23.5. The molecule has 4 bridgehead atoms. The molecule has 13 rings (SSSR count).